The van der Waals surface area contributed by atoms with E-state index in [1.165, 1.54) is 27.0 Å². The minimum atomic E-state index is -3.72. The van der Waals surface area contributed by atoms with E-state index < -0.39 is 34.0 Å². The number of likely N-dealkylation sites (N-methyl/N-ethyl adjacent to an activating group) is 1. The van der Waals surface area contributed by atoms with Crippen LogP contribution in [-0.4, -0.2) is 48.8 Å². The summed E-state index contributed by atoms with van der Waals surface area (Å²) in [7, 11) is -2.46. The zero-order valence-corrected chi connectivity index (χ0v) is 12.9. The summed E-state index contributed by atoms with van der Waals surface area (Å²) in [5.74, 6) is -1.88. The summed E-state index contributed by atoms with van der Waals surface area (Å²) in [6, 6.07) is 3.04. The molecule has 112 valence electrons. The van der Waals surface area contributed by atoms with Crippen LogP contribution in [0.1, 0.15) is 13.8 Å². The molecule has 1 aromatic heterocycles. The number of rotatable bonds is 6. The number of nitrogens with zero attached hydrogens (tertiary/aromatic N) is 1. The molecule has 1 rings (SSSR count). The predicted octanol–water partition coefficient (Wildman–Crippen LogP) is 0.348. The van der Waals surface area contributed by atoms with Gasteiger partial charge in [0.25, 0.3) is 10.0 Å². The first-order valence-electron chi connectivity index (χ1n) is 5.61. The number of carbonyl (C=O) groups excluding carboxylic acids is 1. The Morgan fingerprint density at radius 1 is 1.45 bits per heavy atom. The Hall–Kier alpha value is -1.45. The fourth-order valence-corrected chi connectivity index (χ4v) is 3.62. The van der Waals surface area contributed by atoms with Gasteiger partial charge in [0.05, 0.1) is 6.54 Å². The molecule has 9 heteroatoms. The second-order valence-electron chi connectivity index (χ2n) is 4.67. The van der Waals surface area contributed by atoms with Crippen LogP contribution in [0.2, 0.25) is 0 Å². The van der Waals surface area contributed by atoms with Crippen LogP contribution in [0, 0.1) is 0 Å². The summed E-state index contributed by atoms with van der Waals surface area (Å²) in [5, 5.41) is 12.8. The predicted molar refractivity (Wildman–Crippen MR) is 74.0 cm³/mol. The van der Waals surface area contributed by atoms with E-state index in [0.29, 0.717) is 0 Å². The standard InChI is InChI=1S/C11H16N2O5S2/c1-11(2,10(15)16)12-8(14)7-13(3)20(17,18)9-5-4-6-19-9/h4-6H,7H2,1-3H3,(H,12,14)(H,15,16). The van der Waals surface area contributed by atoms with Crippen molar-refractivity contribution >= 4 is 33.2 Å². The number of aliphatic carboxylic acids is 1. The second kappa shape index (κ2) is 5.90. The molecule has 0 aromatic carbocycles. The van der Waals surface area contributed by atoms with Crippen LogP contribution in [0.5, 0.6) is 0 Å². The highest BCUT2D eigenvalue weighted by atomic mass is 32.2. The summed E-state index contributed by atoms with van der Waals surface area (Å²) in [6.45, 7) is 2.19. The Morgan fingerprint density at radius 2 is 2.05 bits per heavy atom. The number of carboxylic acids is 1. The number of amides is 1. The normalized spacial score (nSPS) is 12.4. The van der Waals surface area contributed by atoms with Crippen molar-refractivity contribution in [2.45, 2.75) is 23.6 Å². The van der Waals surface area contributed by atoms with Crippen molar-refractivity contribution in [1.82, 2.24) is 9.62 Å². The van der Waals surface area contributed by atoms with Gasteiger partial charge >= 0.3 is 5.97 Å². The molecule has 0 unspecified atom stereocenters. The van der Waals surface area contributed by atoms with Gasteiger partial charge < -0.3 is 10.4 Å². The maximum atomic E-state index is 12.1. The zero-order valence-electron chi connectivity index (χ0n) is 11.3. The van der Waals surface area contributed by atoms with E-state index in [1.54, 1.807) is 11.4 Å². The number of sulfonamides is 1. The van der Waals surface area contributed by atoms with E-state index in [9.17, 15) is 18.0 Å². The van der Waals surface area contributed by atoms with Crippen molar-refractivity contribution in [2.24, 2.45) is 0 Å². The largest absolute Gasteiger partial charge is 0.480 e. The summed E-state index contributed by atoms with van der Waals surface area (Å²) >= 11 is 1.05. The topological polar surface area (TPSA) is 104 Å². The van der Waals surface area contributed by atoms with Crippen LogP contribution >= 0.6 is 11.3 Å². The van der Waals surface area contributed by atoms with Gasteiger partial charge in [0, 0.05) is 7.05 Å². The maximum absolute atomic E-state index is 12.1. The molecule has 7 nitrogen and oxygen atoms in total. The lowest BCUT2D eigenvalue weighted by atomic mass is 10.1. The van der Waals surface area contributed by atoms with Crippen molar-refractivity contribution in [3.63, 3.8) is 0 Å². The van der Waals surface area contributed by atoms with Crippen LogP contribution < -0.4 is 5.32 Å². The first-order valence-corrected chi connectivity index (χ1v) is 7.93. The first kappa shape index (κ1) is 16.6. The highest BCUT2D eigenvalue weighted by molar-refractivity contribution is 7.91. The van der Waals surface area contributed by atoms with Crippen molar-refractivity contribution < 1.29 is 23.1 Å². The van der Waals surface area contributed by atoms with Gasteiger partial charge in [-0.1, -0.05) is 6.07 Å². The van der Waals surface area contributed by atoms with Crippen molar-refractivity contribution in [2.75, 3.05) is 13.6 Å². The summed E-state index contributed by atoms with van der Waals surface area (Å²) in [6.07, 6.45) is 0. The lowest BCUT2D eigenvalue weighted by molar-refractivity contribution is -0.146. The molecule has 0 saturated carbocycles. The molecule has 0 spiro atoms. The summed E-state index contributed by atoms with van der Waals surface area (Å²) in [4.78, 5) is 22.6. The van der Waals surface area contributed by atoms with Crippen LogP contribution in [0.25, 0.3) is 0 Å². The molecule has 2 N–H and O–H groups in total. The van der Waals surface area contributed by atoms with Gasteiger partial charge in [-0.2, -0.15) is 4.31 Å². The van der Waals surface area contributed by atoms with Crippen LogP contribution in [0.15, 0.2) is 21.7 Å². The third-order valence-electron chi connectivity index (χ3n) is 2.51. The van der Waals surface area contributed by atoms with Crippen molar-refractivity contribution in [3.05, 3.63) is 17.5 Å². The Labute approximate surface area is 121 Å². The summed E-state index contributed by atoms with van der Waals surface area (Å²) in [5.41, 5.74) is -1.45. The minimum absolute atomic E-state index is 0.130. The number of thiophene rings is 1. The maximum Gasteiger partial charge on any atom is 0.328 e. The average molecular weight is 320 g/mol. The molecule has 1 heterocycles. The molecule has 0 atom stereocenters. The highest BCUT2D eigenvalue weighted by Gasteiger charge is 2.31. The Balaban J connectivity index is 2.75. The number of hydrogen-bond acceptors (Lipinski definition) is 5. The van der Waals surface area contributed by atoms with E-state index in [2.05, 4.69) is 5.32 Å². The van der Waals surface area contributed by atoms with E-state index >= 15 is 0 Å². The molecule has 0 radical (unpaired) electrons. The van der Waals surface area contributed by atoms with Gasteiger partial charge in [-0.15, -0.1) is 11.3 Å². The summed E-state index contributed by atoms with van der Waals surface area (Å²) < 4.78 is 25.1. The van der Waals surface area contributed by atoms with E-state index in [-0.39, 0.29) is 4.21 Å². The quantitative estimate of drug-likeness (QED) is 0.787. The zero-order chi connectivity index (χ0) is 15.6. The van der Waals surface area contributed by atoms with Crippen molar-refractivity contribution in [1.29, 1.82) is 0 Å². The van der Waals surface area contributed by atoms with Crippen molar-refractivity contribution in [3.8, 4) is 0 Å². The average Bonchev–Trinajstić information content (AvgIpc) is 2.81. The Kier molecular flexibility index (Phi) is 4.90. The minimum Gasteiger partial charge on any atom is -0.480 e. The lowest BCUT2D eigenvalue weighted by Crippen LogP contribution is -2.52. The molecule has 0 fully saturated rings. The molecule has 0 bridgehead atoms. The number of nitrogens with one attached hydrogen (secondary N) is 1. The molecular formula is C11H16N2O5S2. The van der Waals surface area contributed by atoms with Crippen LogP contribution in [-0.2, 0) is 19.6 Å². The molecule has 1 aromatic rings. The third kappa shape index (κ3) is 3.78. The van der Waals surface area contributed by atoms with E-state index in [4.69, 9.17) is 5.11 Å². The molecule has 0 aliphatic heterocycles. The van der Waals surface area contributed by atoms with Gasteiger partial charge in [-0.25, -0.2) is 13.2 Å². The Morgan fingerprint density at radius 3 is 2.50 bits per heavy atom. The molecule has 20 heavy (non-hydrogen) atoms. The van der Waals surface area contributed by atoms with Crippen LogP contribution in [0.4, 0.5) is 0 Å². The third-order valence-corrected chi connectivity index (χ3v) is 5.69. The van der Waals surface area contributed by atoms with E-state index in [1.807, 2.05) is 0 Å². The molecular weight excluding hydrogens is 304 g/mol. The molecule has 0 aliphatic carbocycles. The first-order chi connectivity index (χ1) is 9.07. The second-order valence-corrected chi connectivity index (χ2v) is 7.89. The smallest absolute Gasteiger partial charge is 0.328 e. The molecule has 0 aliphatic rings. The monoisotopic (exact) mass is 320 g/mol. The van der Waals surface area contributed by atoms with Crippen LogP contribution in [0.3, 0.4) is 0 Å². The molecule has 0 saturated heterocycles. The fourth-order valence-electron chi connectivity index (χ4n) is 1.29. The van der Waals surface area contributed by atoms with Gasteiger partial charge in [-0.05, 0) is 25.3 Å². The van der Waals surface area contributed by atoms with Gasteiger partial charge in [0.15, 0.2) is 0 Å². The number of carboxylic acid groups (broad SMARTS) is 1. The highest BCUT2D eigenvalue weighted by Crippen LogP contribution is 2.19. The SMILES string of the molecule is CN(CC(=O)NC(C)(C)C(=O)O)S(=O)(=O)c1cccs1. The lowest BCUT2D eigenvalue weighted by Gasteiger charge is -2.23. The number of hydrogen-bond donors (Lipinski definition) is 2. The van der Waals surface area contributed by atoms with Gasteiger partial charge in [0.2, 0.25) is 5.91 Å². The molecule has 1 amide bonds. The van der Waals surface area contributed by atoms with Gasteiger partial charge in [-0.3, -0.25) is 4.79 Å². The fraction of sp³-hybridized carbons (Fsp3) is 0.455. The Bertz CT molecular complexity index is 592. The van der Waals surface area contributed by atoms with E-state index in [0.717, 1.165) is 15.6 Å². The van der Waals surface area contributed by atoms with Gasteiger partial charge in [0.1, 0.15) is 9.75 Å². The number of carbonyl (C=O) groups is 2.